The van der Waals surface area contributed by atoms with Gasteiger partial charge in [0, 0.05) is 19.6 Å². The second-order valence-corrected chi connectivity index (χ2v) is 9.69. The summed E-state index contributed by atoms with van der Waals surface area (Å²) < 4.78 is 32.6. The van der Waals surface area contributed by atoms with E-state index in [4.69, 9.17) is 4.74 Å². The Labute approximate surface area is 173 Å². The number of carbonyl (C=O) groups is 1. The average molecular weight is 419 g/mol. The predicted octanol–water partition coefficient (Wildman–Crippen LogP) is 3.78. The molecule has 0 saturated carbocycles. The van der Waals surface area contributed by atoms with Gasteiger partial charge in [-0.15, -0.1) is 0 Å². The molecule has 6 nitrogen and oxygen atoms in total. The number of benzene rings is 2. The molecule has 0 radical (unpaired) electrons. The van der Waals surface area contributed by atoms with E-state index in [1.165, 1.54) is 42.2 Å². The molecule has 0 saturated heterocycles. The Kier molecular flexibility index (Phi) is 7.43. The number of nitrogens with zero attached hydrogens (tertiary/aromatic N) is 1. The Morgan fingerprint density at radius 2 is 1.69 bits per heavy atom. The molecule has 0 heterocycles. The first-order valence-corrected chi connectivity index (χ1v) is 11.0. The fourth-order valence-electron chi connectivity index (χ4n) is 2.89. The van der Waals surface area contributed by atoms with E-state index in [0.29, 0.717) is 11.7 Å². The van der Waals surface area contributed by atoms with Crippen LogP contribution >= 0.6 is 0 Å². The van der Waals surface area contributed by atoms with Crippen LogP contribution in [0.3, 0.4) is 0 Å². The van der Waals surface area contributed by atoms with Crippen LogP contribution in [0.4, 0.5) is 0 Å². The van der Waals surface area contributed by atoms with E-state index < -0.39 is 10.0 Å². The first-order valence-electron chi connectivity index (χ1n) is 9.60. The third-order valence-electron chi connectivity index (χ3n) is 4.60. The maximum atomic E-state index is 13.1. The molecular weight excluding hydrogens is 388 g/mol. The van der Waals surface area contributed by atoms with Crippen LogP contribution in [0.5, 0.6) is 5.75 Å². The molecule has 2 rings (SSSR count). The Morgan fingerprint density at radius 1 is 1.07 bits per heavy atom. The highest BCUT2D eigenvalue weighted by Crippen LogP contribution is 2.25. The molecule has 0 aromatic heterocycles. The summed E-state index contributed by atoms with van der Waals surface area (Å²) in [5.74, 6) is 0.370. The van der Waals surface area contributed by atoms with E-state index in [1.54, 1.807) is 0 Å². The first-order chi connectivity index (χ1) is 13.6. The van der Waals surface area contributed by atoms with Crippen LogP contribution in [-0.4, -0.2) is 38.8 Å². The van der Waals surface area contributed by atoms with Crippen molar-refractivity contribution < 1.29 is 17.9 Å². The van der Waals surface area contributed by atoms with E-state index in [1.807, 2.05) is 38.1 Å². The van der Waals surface area contributed by atoms with Crippen LogP contribution in [0.1, 0.15) is 55.1 Å². The van der Waals surface area contributed by atoms with Crippen molar-refractivity contribution in [3.63, 3.8) is 0 Å². The van der Waals surface area contributed by atoms with Crippen LogP contribution in [0, 0.1) is 0 Å². The summed E-state index contributed by atoms with van der Waals surface area (Å²) in [6.07, 6.45) is 0. The van der Waals surface area contributed by atoms with Gasteiger partial charge in [-0.05, 0) is 49.1 Å². The zero-order valence-electron chi connectivity index (χ0n) is 17.9. The van der Waals surface area contributed by atoms with E-state index in [9.17, 15) is 13.2 Å². The molecule has 2 aromatic rings. The van der Waals surface area contributed by atoms with E-state index in [0.717, 1.165) is 5.56 Å². The van der Waals surface area contributed by atoms with Gasteiger partial charge < -0.3 is 10.1 Å². The number of methoxy groups -OCH3 is 1. The second-order valence-electron chi connectivity index (χ2n) is 7.65. The zero-order chi connectivity index (χ0) is 21.8. The van der Waals surface area contributed by atoms with Crippen molar-refractivity contribution in [3.05, 3.63) is 59.2 Å². The van der Waals surface area contributed by atoms with Crippen molar-refractivity contribution in [2.24, 2.45) is 0 Å². The van der Waals surface area contributed by atoms with Crippen molar-refractivity contribution >= 4 is 15.9 Å². The van der Waals surface area contributed by atoms with Crippen LogP contribution in [0.25, 0.3) is 0 Å². The normalized spacial score (nSPS) is 11.9. The zero-order valence-corrected chi connectivity index (χ0v) is 18.7. The van der Waals surface area contributed by atoms with Crippen molar-refractivity contribution in [1.82, 2.24) is 9.62 Å². The number of carbonyl (C=O) groups excluding carboxylic acids is 1. The summed E-state index contributed by atoms with van der Waals surface area (Å²) >= 11 is 0. The Balaban J connectivity index is 2.30. The van der Waals surface area contributed by atoms with Crippen LogP contribution in [0.15, 0.2) is 47.4 Å². The van der Waals surface area contributed by atoms with Gasteiger partial charge in [-0.1, -0.05) is 38.1 Å². The van der Waals surface area contributed by atoms with Crippen LogP contribution < -0.4 is 10.1 Å². The number of hydrogen-bond acceptors (Lipinski definition) is 4. The summed E-state index contributed by atoms with van der Waals surface area (Å²) in [4.78, 5) is 12.5. The molecule has 0 aliphatic rings. The maximum Gasteiger partial charge on any atom is 0.255 e. The highest BCUT2D eigenvalue weighted by Gasteiger charge is 2.24. The van der Waals surface area contributed by atoms with E-state index in [2.05, 4.69) is 19.2 Å². The SMILES string of the molecule is COc1ccc(S(=O)(=O)N(C)Cc2ccc(C(C)C)cc2)cc1C(=O)NC(C)C. The highest BCUT2D eigenvalue weighted by atomic mass is 32.2. The Morgan fingerprint density at radius 3 is 2.21 bits per heavy atom. The molecule has 0 atom stereocenters. The van der Waals surface area contributed by atoms with Gasteiger partial charge >= 0.3 is 0 Å². The van der Waals surface area contributed by atoms with Crippen molar-refractivity contribution in [2.75, 3.05) is 14.2 Å². The van der Waals surface area contributed by atoms with Gasteiger partial charge in [-0.2, -0.15) is 4.31 Å². The smallest absolute Gasteiger partial charge is 0.255 e. The number of nitrogens with one attached hydrogen (secondary N) is 1. The molecule has 0 aliphatic heterocycles. The molecular formula is C22H30N2O4S. The molecule has 1 N–H and O–H groups in total. The second kappa shape index (κ2) is 9.41. The van der Waals surface area contributed by atoms with E-state index >= 15 is 0 Å². The van der Waals surface area contributed by atoms with E-state index in [-0.39, 0.29) is 29.0 Å². The average Bonchev–Trinajstić information content (AvgIpc) is 2.67. The molecule has 0 spiro atoms. The summed E-state index contributed by atoms with van der Waals surface area (Å²) in [5, 5.41) is 2.77. The maximum absolute atomic E-state index is 13.1. The van der Waals surface area contributed by atoms with Gasteiger partial charge in [0.1, 0.15) is 5.75 Å². The quantitative estimate of drug-likeness (QED) is 0.708. The Hall–Kier alpha value is -2.38. The molecule has 1 amide bonds. The first kappa shape index (κ1) is 22.9. The molecule has 29 heavy (non-hydrogen) atoms. The van der Waals surface area contributed by atoms with Gasteiger partial charge in [-0.3, -0.25) is 4.79 Å². The lowest BCUT2D eigenvalue weighted by molar-refractivity contribution is 0.0940. The highest BCUT2D eigenvalue weighted by molar-refractivity contribution is 7.89. The fraction of sp³-hybridized carbons (Fsp3) is 0.409. The van der Waals surface area contributed by atoms with Crippen molar-refractivity contribution in [2.45, 2.75) is 51.1 Å². The van der Waals surface area contributed by atoms with Gasteiger partial charge in [0.2, 0.25) is 10.0 Å². The summed E-state index contributed by atoms with van der Waals surface area (Å²) in [6, 6.07) is 12.2. The number of ether oxygens (including phenoxy) is 1. The largest absolute Gasteiger partial charge is 0.496 e. The van der Waals surface area contributed by atoms with Crippen LogP contribution in [-0.2, 0) is 16.6 Å². The lowest BCUT2D eigenvalue weighted by Gasteiger charge is -2.19. The minimum atomic E-state index is -3.78. The fourth-order valence-corrected chi connectivity index (χ4v) is 4.08. The van der Waals surface area contributed by atoms with Gasteiger partial charge in [0.15, 0.2) is 0 Å². The van der Waals surface area contributed by atoms with Gasteiger partial charge in [0.05, 0.1) is 17.6 Å². The third kappa shape index (κ3) is 5.58. The monoisotopic (exact) mass is 418 g/mol. The molecule has 0 aliphatic carbocycles. The number of rotatable bonds is 8. The lowest BCUT2D eigenvalue weighted by atomic mass is 10.0. The number of hydrogen-bond donors (Lipinski definition) is 1. The van der Waals surface area contributed by atoms with Crippen molar-refractivity contribution in [1.29, 1.82) is 0 Å². The number of sulfonamides is 1. The van der Waals surface area contributed by atoms with Gasteiger partial charge in [0.25, 0.3) is 5.91 Å². The molecule has 0 fully saturated rings. The molecule has 158 valence electrons. The lowest BCUT2D eigenvalue weighted by Crippen LogP contribution is -2.31. The minimum Gasteiger partial charge on any atom is -0.496 e. The number of amides is 1. The molecule has 0 bridgehead atoms. The van der Waals surface area contributed by atoms with Crippen molar-refractivity contribution in [3.8, 4) is 5.75 Å². The standard InChI is InChI=1S/C22H30N2O4S/c1-15(2)18-9-7-17(8-10-18)14-24(5)29(26,27)19-11-12-21(28-6)20(13-19)22(25)23-16(3)4/h7-13,15-16H,14H2,1-6H3,(H,23,25). The third-order valence-corrected chi connectivity index (χ3v) is 6.39. The summed E-state index contributed by atoms with van der Waals surface area (Å²) in [6.45, 7) is 8.14. The topological polar surface area (TPSA) is 75.7 Å². The van der Waals surface area contributed by atoms with Gasteiger partial charge in [-0.25, -0.2) is 8.42 Å². The Bertz CT molecular complexity index is 951. The minimum absolute atomic E-state index is 0.0495. The molecule has 0 unspecified atom stereocenters. The predicted molar refractivity (Wildman–Crippen MR) is 115 cm³/mol. The molecule has 2 aromatic carbocycles. The molecule has 7 heteroatoms. The summed E-state index contributed by atoms with van der Waals surface area (Å²) in [5.41, 5.74) is 2.29. The summed E-state index contributed by atoms with van der Waals surface area (Å²) in [7, 11) is -0.797. The van der Waals surface area contributed by atoms with Crippen LogP contribution in [0.2, 0.25) is 0 Å².